The highest BCUT2D eigenvalue weighted by molar-refractivity contribution is 7.10. The quantitative estimate of drug-likeness (QED) is 0.819. The molecule has 0 amide bonds. The molecule has 0 spiro atoms. The Morgan fingerprint density at radius 1 is 1.64 bits per heavy atom. The summed E-state index contributed by atoms with van der Waals surface area (Å²) < 4.78 is 0. The summed E-state index contributed by atoms with van der Waals surface area (Å²) >= 11 is 1.88. The second kappa shape index (κ2) is 4.01. The SMILES string of the molecule is CNCC1(c2cccs2)CCCN1C. The minimum absolute atomic E-state index is 0.267. The molecule has 2 heterocycles. The summed E-state index contributed by atoms with van der Waals surface area (Å²) in [6.07, 6.45) is 2.60. The highest BCUT2D eigenvalue weighted by Crippen LogP contribution is 2.39. The molecule has 0 aliphatic carbocycles. The standard InChI is InChI=1S/C11H18N2S/c1-12-9-11(6-4-7-13(11)2)10-5-3-8-14-10/h3,5,8,12H,4,6-7,9H2,1-2H3. The van der Waals surface area contributed by atoms with Gasteiger partial charge < -0.3 is 5.32 Å². The van der Waals surface area contributed by atoms with Gasteiger partial charge in [-0.2, -0.15) is 0 Å². The van der Waals surface area contributed by atoms with E-state index in [1.165, 1.54) is 24.3 Å². The van der Waals surface area contributed by atoms with Gasteiger partial charge in [0.05, 0.1) is 5.54 Å². The highest BCUT2D eigenvalue weighted by atomic mass is 32.1. The van der Waals surface area contributed by atoms with E-state index in [0.29, 0.717) is 0 Å². The first kappa shape index (κ1) is 10.1. The zero-order valence-electron chi connectivity index (χ0n) is 8.92. The molecule has 0 saturated carbocycles. The van der Waals surface area contributed by atoms with Crippen LogP contribution < -0.4 is 5.32 Å². The van der Waals surface area contributed by atoms with Gasteiger partial charge in [-0.25, -0.2) is 0 Å². The van der Waals surface area contributed by atoms with Crippen LogP contribution in [0.4, 0.5) is 0 Å². The molecule has 1 aromatic rings. The Balaban J connectivity index is 2.31. The maximum Gasteiger partial charge on any atom is 0.0677 e. The minimum Gasteiger partial charge on any atom is -0.318 e. The molecule has 0 aromatic carbocycles. The molecule has 1 aromatic heterocycles. The molecule has 1 N–H and O–H groups in total. The van der Waals surface area contributed by atoms with Gasteiger partial charge in [-0.15, -0.1) is 11.3 Å². The molecule has 14 heavy (non-hydrogen) atoms. The fraction of sp³-hybridized carbons (Fsp3) is 0.636. The van der Waals surface area contributed by atoms with Crippen LogP contribution in [0, 0.1) is 0 Å². The molecule has 1 aliphatic heterocycles. The molecule has 1 fully saturated rings. The van der Waals surface area contributed by atoms with Crippen LogP contribution >= 0.6 is 11.3 Å². The first-order chi connectivity index (χ1) is 6.79. The first-order valence-corrected chi connectivity index (χ1v) is 6.07. The van der Waals surface area contributed by atoms with Gasteiger partial charge in [-0.3, -0.25) is 4.90 Å². The van der Waals surface area contributed by atoms with Gasteiger partial charge in [0.1, 0.15) is 0 Å². The molecule has 3 heteroatoms. The molecule has 2 rings (SSSR count). The Bertz CT molecular complexity index is 283. The van der Waals surface area contributed by atoms with Crippen LogP contribution in [0.2, 0.25) is 0 Å². The summed E-state index contributed by atoms with van der Waals surface area (Å²) in [6.45, 7) is 2.28. The summed E-state index contributed by atoms with van der Waals surface area (Å²) in [4.78, 5) is 4.00. The van der Waals surface area contributed by atoms with E-state index >= 15 is 0 Å². The van der Waals surface area contributed by atoms with E-state index in [0.717, 1.165) is 6.54 Å². The summed E-state index contributed by atoms with van der Waals surface area (Å²) in [6, 6.07) is 4.42. The molecular weight excluding hydrogens is 192 g/mol. The van der Waals surface area contributed by atoms with Crippen molar-refractivity contribution in [3.63, 3.8) is 0 Å². The predicted octanol–water partition coefficient (Wildman–Crippen LogP) is 1.89. The normalized spacial score (nSPS) is 28.4. The van der Waals surface area contributed by atoms with Crippen molar-refractivity contribution in [2.24, 2.45) is 0 Å². The third-order valence-electron chi connectivity index (χ3n) is 3.26. The lowest BCUT2D eigenvalue weighted by Crippen LogP contribution is -2.45. The fourth-order valence-corrected chi connectivity index (χ4v) is 3.48. The Hall–Kier alpha value is -0.380. The van der Waals surface area contributed by atoms with Gasteiger partial charge in [-0.1, -0.05) is 6.07 Å². The zero-order valence-corrected chi connectivity index (χ0v) is 9.73. The van der Waals surface area contributed by atoms with Crippen LogP contribution in [0.5, 0.6) is 0 Å². The summed E-state index contributed by atoms with van der Waals surface area (Å²) in [5, 5.41) is 5.51. The topological polar surface area (TPSA) is 15.3 Å². The summed E-state index contributed by atoms with van der Waals surface area (Å²) in [5.41, 5.74) is 0.267. The van der Waals surface area contributed by atoms with Crippen LogP contribution in [0.3, 0.4) is 0 Å². The molecule has 1 unspecified atom stereocenters. The van der Waals surface area contributed by atoms with Gasteiger partial charge in [-0.05, 0) is 44.9 Å². The van der Waals surface area contributed by atoms with Gasteiger partial charge >= 0.3 is 0 Å². The van der Waals surface area contributed by atoms with Crippen LogP contribution in [0.25, 0.3) is 0 Å². The summed E-state index contributed by atoms with van der Waals surface area (Å²) in [5.74, 6) is 0. The Morgan fingerprint density at radius 3 is 3.00 bits per heavy atom. The smallest absolute Gasteiger partial charge is 0.0677 e. The third kappa shape index (κ3) is 1.49. The molecule has 0 radical (unpaired) electrons. The van der Waals surface area contributed by atoms with E-state index in [4.69, 9.17) is 0 Å². The Kier molecular flexibility index (Phi) is 2.91. The van der Waals surface area contributed by atoms with Crippen LogP contribution in [-0.4, -0.2) is 32.1 Å². The highest BCUT2D eigenvalue weighted by Gasteiger charge is 2.40. The van der Waals surface area contributed by atoms with E-state index in [-0.39, 0.29) is 5.54 Å². The number of nitrogens with zero attached hydrogens (tertiary/aromatic N) is 1. The second-order valence-corrected chi connectivity index (χ2v) is 5.01. The zero-order chi connectivity index (χ0) is 10.0. The molecule has 0 bridgehead atoms. The van der Waals surface area contributed by atoms with E-state index in [9.17, 15) is 0 Å². The maximum atomic E-state index is 3.33. The van der Waals surface area contributed by atoms with Crippen molar-refractivity contribution in [3.8, 4) is 0 Å². The lowest BCUT2D eigenvalue weighted by molar-refractivity contribution is 0.177. The number of hydrogen-bond donors (Lipinski definition) is 1. The molecule has 2 nitrogen and oxygen atoms in total. The van der Waals surface area contributed by atoms with Crippen LogP contribution in [-0.2, 0) is 5.54 Å². The largest absolute Gasteiger partial charge is 0.318 e. The number of rotatable bonds is 3. The van der Waals surface area contributed by atoms with E-state index in [1.807, 2.05) is 18.4 Å². The van der Waals surface area contributed by atoms with Crippen molar-refractivity contribution in [3.05, 3.63) is 22.4 Å². The number of thiophene rings is 1. The first-order valence-electron chi connectivity index (χ1n) is 5.19. The van der Waals surface area contributed by atoms with Crippen molar-refractivity contribution < 1.29 is 0 Å². The predicted molar refractivity (Wildman–Crippen MR) is 61.8 cm³/mol. The van der Waals surface area contributed by atoms with Crippen LogP contribution in [0.1, 0.15) is 17.7 Å². The average Bonchev–Trinajstić information content (AvgIpc) is 2.77. The maximum absolute atomic E-state index is 3.33. The number of likely N-dealkylation sites (tertiary alicyclic amines) is 1. The van der Waals surface area contributed by atoms with Gasteiger partial charge in [0, 0.05) is 11.4 Å². The molecule has 78 valence electrons. The van der Waals surface area contributed by atoms with Crippen molar-refractivity contribution >= 4 is 11.3 Å². The average molecular weight is 210 g/mol. The second-order valence-electron chi connectivity index (χ2n) is 4.06. The van der Waals surface area contributed by atoms with Crippen molar-refractivity contribution in [2.45, 2.75) is 18.4 Å². The summed E-state index contributed by atoms with van der Waals surface area (Å²) in [7, 11) is 4.28. The van der Waals surface area contributed by atoms with Crippen molar-refractivity contribution in [1.29, 1.82) is 0 Å². The van der Waals surface area contributed by atoms with Crippen molar-refractivity contribution in [2.75, 3.05) is 27.2 Å². The van der Waals surface area contributed by atoms with E-state index < -0.39 is 0 Å². The van der Waals surface area contributed by atoms with Crippen LogP contribution in [0.15, 0.2) is 17.5 Å². The molecular formula is C11H18N2S. The van der Waals surface area contributed by atoms with Gasteiger partial charge in [0.2, 0.25) is 0 Å². The monoisotopic (exact) mass is 210 g/mol. The number of likely N-dealkylation sites (N-methyl/N-ethyl adjacent to an activating group) is 2. The number of hydrogen-bond acceptors (Lipinski definition) is 3. The van der Waals surface area contributed by atoms with Gasteiger partial charge in [0.15, 0.2) is 0 Å². The molecule has 1 aliphatic rings. The lowest BCUT2D eigenvalue weighted by atomic mass is 9.94. The van der Waals surface area contributed by atoms with Gasteiger partial charge in [0.25, 0.3) is 0 Å². The number of nitrogens with one attached hydrogen (secondary N) is 1. The third-order valence-corrected chi connectivity index (χ3v) is 4.33. The molecule has 1 atom stereocenters. The van der Waals surface area contributed by atoms with Crippen molar-refractivity contribution in [1.82, 2.24) is 10.2 Å². The Labute approximate surface area is 89.9 Å². The van der Waals surface area contributed by atoms with E-state index in [1.54, 1.807) is 0 Å². The lowest BCUT2D eigenvalue weighted by Gasteiger charge is -2.35. The fourth-order valence-electron chi connectivity index (χ4n) is 2.47. The Morgan fingerprint density at radius 2 is 2.50 bits per heavy atom. The van der Waals surface area contributed by atoms with E-state index in [2.05, 4.69) is 34.8 Å². The minimum atomic E-state index is 0.267. The molecule has 1 saturated heterocycles.